The van der Waals surface area contributed by atoms with Crippen LogP contribution in [-0.2, 0) is 16.6 Å². The van der Waals surface area contributed by atoms with Gasteiger partial charge in [-0.3, -0.25) is 14.6 Å². The van der Waals surface area contributed by atoms with Crippen LogP contribution in [0.25, 0.3) is 16.8 Å². The minimum absolute atomic E-state index is 0.0413. The molecule has 1 fully saturated rings. The fourth-order valence-corrected chi connectivity index (χ4v) is 4.24. The molecule has 3 nitrogen and oxygen atoms in total. The average molecular weight is 418 g/mol. The zero-order chi connectivity index (χ0) is 22.0. The number of benzene rings is 3. The zero-order valence-electron chi connectivity index (χ0n) is 17.7. The number of aromatic nitrogens is 1. The number of Topliss-reactive ketones (excluding diaryl/α,β-unsaturated/α-hetero) is 1. The molecule has 156 valence electrons. The number of nitrogens with zero attached hydrogens (tertiary/aromatic N) is 1. The van der Waals surface area contributed by atoms with Gasteiger partial charge < -0.3 is 0 Å². The summed E-state index contributed by atoms with van der Waals surface area (Å²) in [4.78, 5) is 29.7. The van der Waals surface area contributed by atoms with Gasteiger partial charge in [0.15, 0.2) is 11.6 Å². The van der Waals surface area contributed by atoms with Gasteiger partial charge in [-0.05, 0) is 47.1 Å². The molecule has 3 heteroatoms. The monoisotopic (exact) mass is 417 g/mol. The fraction of sp³-hybridized carbons (Fsp3) is 0.138. The molecule has 1 aliphatic rings. The van der Waals surface area contributed by atoms with Crippen molar-refractivity contribution in [3.05, 3.63) is 120 Å². The lowest BCUT2D eigenvalue weighted by Gasteiger charge is -2.14. The van der Waals surface area contributed by atoms with Crippen LogP contribution >= 0.6 is 0 Å². The lowest BCUT2D eigenvalue weighted by Crippen LogP contribution is -2.20. The predicted molar refractivity (Wildman–Crippen MR) is 128 cm³/mol. The number of fused-ring (bicyclic) bond motifs is 1. The second-order valence-corrected chi connectivity index (χ2v) is 8.43. The first-order valence-corrected chi connectivity index (χ1v) is 10.9. The van der Waals surface area contributed by atoms with Gasteiger partial charge in [0.25, 0.3) is 0 Å². The van der Waals surface area contributed by atoms with Crippen LogP contribution in [0.1, 0.15) is 39.9 Å². The van der Waals surface area contributed by atoms with E-state index in [-0.39, 0.29) is 17.0 Å². The zero-order valence-corrected chi connectivity index (χ0v) is 17.7. The summed E-state index contributed by atoms with van der Waals surface area (Å²) >= 11 is 0. The number of carbonyl (C=O) groups is 2. The molecule has 1 aromatic heterocycles. The average Bonchev–Trinajstić information content (AvgIpc) is 3.65. The maximum absolute atomic E-state index is 13.1. The lowest BCUT2D eigenvalue weighted by molar-refractivity contribution is -0.113. The van der Waals surface area contributed by atoms with Crippen molar-refractivity contribution in [1.82, 2.24) is 4.98 Å². The van der Waals surface area contributed by atoms with Crippen LogP contribution in [0, 0.1) is 0 Å². The van der Waals surface area contributed by atoms with Crippen molar-refractivity contribution in [3.8, 4) is 0 Å². The van der Waals surface area contributed by atoms with E-state index in [1.807, 2.05) is 91.1 Å². The van der Waals surface area contributed by atoms with Crippen LogP contribution in [0.2, 0.25) is 0 Å². The first-order valence-electron chi connectivity index (χ1n) is 10.9. The van der Waals surface area contributed by atoms with Crippen molar-refractivity contribution in [2.75, 3.05) is 0 Å². The van der Waals surface area contributed by atoms with Crippen molar-refractivity contribution in [2.24, 2.45) is 0 Å². The Morgan fingerprint density at radius 2 is 1.66 bits per heavy atom. The molecular weight excluding hydrogens is 394 g/mol. The van der Waals surface area contributed by atoms with Crippen LogP contribution in [-0.4, -0.2) is 16.6 Å². The number of rotatable bonds is 7. The molecule has 1 aliphatic carbocycles. The molecule has 32 heavy (non-hydrogen) atoms. The summed E-state index contributed by atoms with van der Waals surface area (Å²) in [6.07, 6.45) is 9.15. The summed E-state index contributed by atoms with van der Waals surface area (Å²) in [7, 11) is 0. The highest BCUT2D eigenvalue weighted by Crippen LogP contribution is 2.50. The van der Waals surface area contributed by atoms with Gasteiger partial charge in [-0.2, -0.15) is 0 Å². The first kappa shape index (κ1) is 20.1. The summed E-state index contributed by atoms with van der Waals surface area (Å²) < 4.78 is 0. The number of carbonyl (C=O) groups excluding carboxylic acids is 2. The summed E-state index contributed by atoms with van der Waals surface area (Å²) in [6, 6.07) is 25.5. The molecular formula is C29H23NO2. The minimum atomic E-state index is -0.357. The van der Waals surface area contributed by atoms with Gasteiger partial charge in [-0.15, -0.1) is 0 Å². The number of allylic oxidation sites excluding steroid dienone is 1. The topological polar surface area (TPSA) is 47.0 Å². The van der Waals surface area contributed by atoms with E-state index in [0.29, 0.717) is 6.42 Å². The van der Waals surface area contributed by atoms with Crippen LogP contribution in [0.4, 0.5) is 0 Å². The molecule has 3 aromatic carbocycles. The first-order chi connectivity index (χ1) is 15.6. The van der Waals surface area contributed by atoms with E-state index >= 15 is 0 Å². The summed E-state index contributed by atoms with van der Waals surface area (Å²) in [6.45, 7) is 0. The molecule has 0 N–H and O–H groups in total. The van der Waals surface area contributed by atoms with E-state index in [1.54, 1.807) is 12.3 Å². The highest BCUT2D eigenvalue weighted by atomic mass is 16.1. The van der Waals surface area contributed by atoms with Gasteiger partial charge in [0.1, 0.15) is 0 Å². The molecule has 0 radical (unpaired) electrons. The normalized spacial score (nSPS) is 14.5. The Morgan fingerprint density at radius 3 is 2.41 bits per heavy atom. The lowest BCUT2D eigenvalue weighted by atomic mass is 9.87. The molecule has 0 bridgehead atoms. The molecule has 1 saturated carbocycles. The highest BCUT2D eigenvalue weighted by molar-refractivity contribution is 6.06. The Balaban J connectivity index is 1.25. The van der Waals surface area contributed by atoms with E-state index in [4.69, 9.17) is 0 Å². The van der Waals surface area contributed by atoms with Gasteiger partial charge in [0, 0.05) is 29.8 Å². The molecule has 5 rings (SSSR count). The standard InChI is InChI=1S/C29H23NO2/c31-27(19-22-8-12-25-20-30-17-14-24(25)18-22)13-9-21-6-10-23(11-7-21)28(32)29(15-16-29)26-4-2-1-3-5-26/h1-14,17-18,20H,15-16,19H2/b13-9+. The van der Waals surface area contributed by atoms with Crippen molar-refractivity contribution in [2.45, 2.75) is 24.7 Å². The second kappa shape index (κ2) is 8.35. The third-order valence-electron chi connectivity index (χ3n) is 6.23. The minimum Gasteiger partial charge on any atom is -0.294 e. The number of ketones is 2. The maximum atomic E-state index is 13.1. The smallest absolute Gasteiger partial charge is 0.173 e. The quantitative estimate of drug-likeness (QED) is 0.275. The largest absolute Gasteiger partial charge is 0.294 e. The molecule has 0 unspecified atom stereocenters. The fourth-order valence-electron chi connectivity index (χ4n) is 4.24. The molecule has 0 aliphatic heterocycles. The summed E-state index contributed by atoms with van der Waals surface area (Å²) in [5.74, 6) is 0.224. The van der Waals surface area contributed by atoms with Gasteiger partial charge >= 0.3 is 0 Å². The second-order valence-electron chi connectivity index (χ2n) is 8.43. The summed E-state index contributed by atoms with van der Waals surface area (Å²) in [5.41, 5.74) is 3.36. The Morgan fingerprint density at radius 1 is 0.875 bits per heavy atom. The van der Waals surface area contributed by atoms with E-state index in [0.717, 1.165) is 45.9 Å². The van der Waals surface area contributed by atoms with Crippen LogP contribution in [0.15, 0.2) is 97.3 Å². The van der Waals surface area contributed by atoms with Crippen molar-refractivity contribution in [1.29, 1.82) is 0 Å². The molecule has 0 spiro atoms. The van der Waals surface area contributed by atoms with E-state index < -0.39 is 0 Å². The van der Waals surface area contributed by atoms with Gasteiger partial charge in [-0.1, -0.05) is 78.9 Å². The van der Waals surface area contributed by atoms with Crippen LogP contribution < -0.4 is 0 Å². The van der Waals surface area contributed by atoms with Gasteiger partial charge in [0.05, 0.1) is 5.41 Å². The number of pyridine rings is 1. The molecule has 0 amide bonds. The van der Waals surface area contributed by atoms with E-state index in [2.05, 4.69) is 4.98 Å². The van der Waals surface area contributed by atoms with Gasteiger partial charge in [0.2, 0.25) is 0 Å². The highest BCUT2D eigenvalue weighted by Gasteiger charge is 2.50. The van der Waals surface area contributed by atoms with Crippen molar-refractivity contribution >= 4 is 28.4 Å². The number of hydrogen-bond donors (Lipinski definition) is 0. The number of hydrogen-bond acceptors (Lipinski definition) is 3. The van der Waals surface area contributed by atoms with Crippen molar-refractivity contribution in [3.63, 3.8) is 0 Å². The third kappa shape index (κ3) is 4.02. The Hall–Kier alpha value is -3.85. The van der Waals surface area contributed by atoms with Gasteiger partial charge in [-0.25, -0.2) is 0 Å². The van der Waals surface area contributed by atoms with Crippen LogP contribution in [0.5, 0.6) is 0 Å². The molecule has 0 atom stereocenters. The molecule has 0 saturated heterocycles. The van der Waals surface area contributed by atoms with E-state index in [1.165, 1.54) is 0 Å². The predicted octanol–water partition coefficient (Wildman–Crippen LogP) is 5.97. The Bertz CT molecular complexity index is 1320. The summed E-state index contributed by atoms with van der Waals surface area (Å²) in [5, 5.41) is 2.15. The third-order valence-corrected chi connectivity index (χ3v) is 6.23. The maximum Gasteiger partial charge on any atom is 0.173 e. The Labute approximate surface area is 187 Å². The van der Waals surface area contributed by atoms with Crippen LogP contribution in [0.3, 0.4) is 0 Å². The van der Waals surface area contributed by atoms with Crippen molar-refractivity contribution < 1.29 is 9.59 Å². The Kier molecular flexibility index (Phi) is 5.24. The molecule has 4 aromatic rings. The van der Waals surface area contributed by atoms with E-state index in [9.17, 15) is 9.59 Å². The SMILES string of the molecule is O=C(/C=C/c1ccc(C(=O)C2(c3ccccc3)CC2)cc1)Cc1ccc2cnccc2c1. The molecule has 1 heterocycles.